The molecule has 0 aromatic heterocycles. The summed E-state index contributed by atoms with van der Waals surface area (Å²) in [4.78, 5) is 4.85. The van der Waals surface area contributed by atoms with E-state index in [-0.39, 0.29) is 6.61 Å². The normalized spacial score (nSPS) is 14.4. The zero-order chi connectivity index (χ0) is 13.3. The third-order valence-corrected chi connectivity index (χ3v) is 2.81. The Kier molecular flexibility index (Phi) is 7.31. The van der Waals surface area contributed by atoms with Crippen molar-refractivity contribution < 1.29 is 18.5 Å². The molecule has 1 atom stereocenters. The minimum absolute atomic E-state index is 0.124. The summed E-state index contributed by atoms with van der Waals surface area (Å²) in [5.41, 5.74) is -0.237. The molecule has 0 spiro atoms. The highest BCUT2D eigenvalue weighted by atomic mass is 32.2. The highest BCUT2D eigenvalue weighted by Crippen LogP contribution is 2.22. The zero-order valence-electron chi connectivity index (χ0n) is 10.8. The molecular weight excluding hydrogens is 252 g/mol. The highest BCUT2D eigenvalue weighted by Gasteiger charge is 2.23. The van der Waals surface area contributed by atoms with E-state index >= 15 is 0 Å². The second-order valence-corrected chi connectivity index (χ2v) is 4.72. The van der Waals surface area contributed by atoms with Crippen LogP contribution in [0.2, 0.25) is 0 Å². The molecule has 0 aliphatic carbocycles. The standard InChI is InChI=1S/C13H20O4S/c1-3-4-10-15-17-18-16-11-13(2,14)12-8-6-5-7-9-12/h5-9,14H,3-4,10-11H2,1-2H3. The van der Waals surface area contributed by atoms with Crippen molar-refractivity contribution in [1.29, 1.82) is 0 Å². The van der Waals surface area contributed by atoms with Gasteiger partial charge in [0.25, 0.3) is 0 Å². The second-order valence-electron chi connectivity index (χ2n) is 4.21. The lowest BCUT2D eigenvalue weighted by molar-refractivity contribution is -0.198. The molecule has 0 saturated heterocycles. The van der Waals surface area contributed by atoms with Crippen molar-refractivity contribution in [2.24, 2.45) is 0 Å². The van der Waals surface area contributed by atoms with Gasteiger partial charge in [0.2, 0.25) is 0 Å². The predicted molar refractivity (Wildman–Crippen MR) is 71.5 cm³/mol. The lowest BCUT2D eigenvalue weighted by Gasteiger charge is -2.22. The van der Waals surface area contributed by atoms with Gasteiger partial charge in [-0.1, -0.05) is 43.7 Å². The van der Waals surface area contributed by atoms with E-state index in [4.69, 9.17) is 13.4 Å². The minimum atomic E-state index is -1.04. The van der Waals surface area contributed by atoms with Gasteiger partial charge in [-0.15, -0.1) is 4.33 Å². The molecule has 0 amide bonds. The maximum atomic E-state index is 10.2. The third-order valence-electron chi connectivity index (χ3n) is 2.44. The Balaban J connectivity index is 2.18. The van der Waals surface area contributed by atoms with E-state index in [0.29, 0.717) is 6.61 Å². The smallest absolute Gasteiger partial charge is 0.194 e. The monoisotopic (exact) mass is 272 g/mol. The maximum Gasteiger partial charge on any atom is 0.194 e. The molecule has 1 aromatic rings. The molecule has 1 aromatic carbocycles. The van der Waals surface area contributed by atoms with Gasteiger partial charge in [-0.05, 0) is 18.9 Å². The van der Waals surface area contributed by atoms with Crippen LogP contribution in [0.4, 0.5) is 0 Å². The van der Waals surface area contributed by atoms with Crippen molar-refractivity contribution in [3.63, 3.8) is 0 Å². The number of hydrogen-bond donors (Lipinski definition) is 1. The molecule has 1 unspecified atom stereocenters. The minimum Gasteiger partial charge on any atom is -0.383 e. The van der Waals surface area contributed by atoms with Crippen LogP contribution in [0.5, 0.6) is 0 Å². The Hall–Kier alpha value is -0.590. The van der Waals surface area contributed by atoms with Crippen LogP contribution in [0.15, 0.2) is 30.3 Å². The van der Waals surface area contributed by atoms with Crippen molar-refractivity contribution in [3.05, 3.63) is 35.9 Å². The molecule has 0 aliphatic rings. The summed E-state index contributed by atoms with van der Waals surface area (Å²) in [5.74, 6) is 0. The molecule has 18 heavy (non-hydrogen) atoms. The fraction of sp³-hybridized carbons (Fsp3) is 0.538. The molecule has 0 heterocycles. The van der Waals surface area contributed by atoms with E-state index < -0.39 is 5.60 Å². The Labute approximate surface area is 113 Å². The van der Waals surface area contributed by atoms with Gasteiger partial charge < -0.3 is 5.11 Å². The average molecular weight is 272 g/mol. The lowest BCUT2D eigenvalue weighted by Crippen LogP contribution is -2.26. The van der Waals surface area contributed by atoms with Crippen LogP contribution in [0.1, 0.15) is 32.3 Å². The van der Waals surface area contributed by atoms with E-state index in [1.165, 1.54) is 0 Å². The third kappa shape index (κ3) is 5.84. The van der Waals surface area contributed by atoms with Crippen LogP contribution in [0.25, 0.3) is 0 Å². The molecule has 0 fully saturated rings. The van der Waals surface area contributed by atoms with Crippen molar-refractivity contribution in [1.82, 2.24) is 0 Å². The fourth-order valence-electron chi connectivity index (χ4n) is 1.30. The van der Waals surface area contributed by atoms with Gasteiger partial charge >= 0.3 is 0 Å². The predicted octanol–water partition coefficient (Wildman–Crippen LogP) is 3.22. The van der Waals surface area contributed by atoms with Crippen LogP contribution >= 0.6 is 12.3 Å². The maximum absolute atomic E-state index is 10.2. The molecular formula is C13H20O4S. The van der Waals surface area contributed by atoms with Gasteiger partial charge in [0, 0.05) is 0 Å². The van der Waals surface area contributed by atoms with E-state index in [9.17, 15) is 5.11 Å². The summed E-state index contributed by atoms with van der Waals surface area (Å²) in [6, 6.07) is 9.36. The molecule has 4 nitrogen and oxygen atoms in total. The van der Waals surface area contributed by atoms with Crippen LogP contribution in [-0.2, 0) is 19.0 Å². The number of unbranched alkanes of at least 4 members (excludes halogenated alkanes) is 1. The molecule has 0 bridgehead atoms. The van der Waals surface area contributed by atoms with Gasteiger partial charge in [0.1, 0.15) is 5.60 Å². The first-order valence-corrected chi connectivity index (χ1v) is 6.69. The topological polar surface area (TPSA) is 47.9 Å². The van der Waals surface area contributed by atoms with E-state index in [2.05, 4.69) is 6.92 Å². The van der Waals surface area contributed by atoms with Crippen LogP contribution in [0.3, 0.4) is 0 Å². The van der Waals surface area contributed by atoms with Crippen molar-refractivity contribution >= 4 is 12.3 Å². The van der Waals surface area contributed by atoms with Crippen molar-refractivity contribution in [2.45, 2.75) is 32.3 Å². The van der Waals surface area contributed by atoms with Gasteiger partial charge in [-0.3, -0.25) is 4.18 Å². The second kappa shape index (κ2) is 8.50. The summed E-state index contributed by atoms with van der Waals surface area (Å²) in [6.07, 6.45) is 2.00. The SMILES string of the molecule is CCCCOOSOCC(C)(O)c1ccccc1. The molecule has 0 saturated carbocycles. The quantitative estimate of drug-likeness (QED) is 0.324. The highest BCUT2D eigenvalue weighted by molar-refractivity contribution is 7.89. The first-order valence-electron chi connectivity index (χ1n) is 6.02. The molecule has 1 N–H and O–H groups in total. The van der Waals surface area contributed by atoms with E-state index in [0.717, 1.165) is 30.7 Å². The van der Waals surface area contributed by atoms with Gasteiger partial charge in [-0.2, -0.15) is 0 Å². The number of hydrogen-bond acceptors (Lipinski definition) is 5. The van der Waals surface area contributed by atoms with Gasteiger partial charge in [0.15, 0.2) is 12.3 Å². The Morgan fingerprint density at radius 2 is 2.00 bits per heavy atom. The number of aliphatic hydroxyl groups is 1. The molecule has 5 heteroatoms. The number of benzene rings is 1. The van der Waals surface area contributed by atoms with Crippen LogP contribution in [0, 0.1) is 0 Å². The van der Waals surface area contributed by atoms with Crippen molar-refractivity contribution in [2.75, 3.05) is 13.2 Å². The van der Waals surface area contributed by atoms with E-state index in [1.807, 2.05) is 30.3 Å². The zero-order valence-corrected chi connectivity index (χ0v) is 11.6. The first kappa shape index (κ1) is 15.5. The molecule has 102 valence electrons. The molecule has 0 radical (unpaired) electrons. The molecule has 1 rings (SSSR count). The summed E-state index contributed by atoms with van der Waals surface area (Å²) in [7, 11) is 0. The Morgan fingerprint density at radius 3 is 2.67 bits per heavy atom. The summed E-state index contributed by atoms with van der Waals surface area (Å²) in [5, 5.41) is 10.2. The largest absolute Gasteiger partial charge is 0.383 e. The summed E-state index contributed by atoms with van der Waals surface area (Å²) in [6.45, 7) is 4.44. The lowest BCUT2D eigenvalue weighted by atomic mass is 9.97. The molecule has 0 aliphatic heterocycles. The van der Waals surface area contributed by atoms with Gasteiger partial charge in [-0.25, -0.2) is 4.89 Å². The number of rotatable bonds is 9. The van der Waals surface area contributed by atoms with Crippen LogP contribution < -0.4 is 0 Å². The van der Waals surface area contributed by atoms with Gasteiger partial charge in [0.05, 0.1) is 13.2 Å². The Morgan fingerprint density at radius 1 is 1.28 bits per heavy atom. The first-order chi connectivity index (χ1) is 8.67. The summed E-state index contributed by atoms with van der Waals surface area (Å²) < 4.78 is 9.90. The fourth-order valence-corrected chi connectivity index (χ4v) is 1.72. The average Bonchev–Trinajstić information content (AvgIpc) is 2.39. The Bertz CT molecular complexity index is 316. The van der Waals surface area contributed by atoms with Crippen molar-refractivity contribution in [3.8, 4) is 0 Å². The van der Waals surface area contributed by atoms with E-state index in [1.54, 1.807) is 6.92 Å². The van der Waals surface area contributed by atoms with Crippen LogP contribution in [-0.4, -0.2) is 18.3 Å². The summed E-state index contributed by atoms with van der Waals surface area (Å²) >= 11 is 0.743.